The molecule has 0 heterocycles. The van der Waals surface area contributed by atoms with Crippen molar-refractivity contribution in [3.63, 3.8) is 0 Å². The average Bonchev–Trinajstić information content (AvgIpc) is 2.45. The number of rotatable bonds is 6. The second-order valence-corrected chi connectivity index (χ2v) is 6.57. The standard InChI is InChI=1S/C18H18O9/c1-7(19)16(8(2)20)13(25)17(9(3)21,10(4)22)15(27)18(11(5)23,12(6)24)14(16)26/h1-6H3. The third-order valence-electron chi connectivity index (χ3n) is 5.21. The van der Waals surface area contributed by atoms with Gasteiger partial charge in [-0.25, -0.2) is 0 Å². The van der Waals surface area contributed by atoms with Crippen molar-refractivity contribution in [2.24, 2.45) is 16.2 Å². The lowest BCUT2D eigenvalue weighted by molar-refractivity contribution is -0.175. The molecule has 0 aromatic carbocycles. The van der Waals surface area contributed by atoms with Crippen LogP contribution in [-0.4, -0.2) is 52.0 Å². The van der Waals surface area contributed by atoms with Gasteiger partial charge in [-0.2, -0.15) is 0 Å². The van der Waals surface area contributed by atoms with E-state index in [0.29, 0.717) is 41.5 Å². The van der Waals surface area contributed by atoms with Crippen molar-refractivity contribution in [3.8, 4) is 0 Å². The second kappa shape index (κ2) is 6.33. The van der Waals surface area contributed by atoms with Crippen LogP contribution in [0.2, 0.25) is 0 Å². The van der Waals surface area contributed by atoms with E-state index in [-0.39, 0.29) is 0 Å². The van der Waals surface area contributed by atoms with Crippen molar-refractivity contribution in [2.75, 3.05) is 0 Å². The van der Waals surface area contributed by atoms with Crippen LogP contribution >= 0.6 is 0 Å². The maximum atomic E-state index is 13.1. The summed E-state index contributed by atoms with van der Waals surface area (Å²) in [7, 11) is 0. The Labute approximate surface area is 153 Å². The van der Waals surface area contributed by atoms with Gasteiger partial charge in [0.2, 0.25) is 16.2 Å². The molecule has 9 nitrogen and oxygen atoms in total. The van der Waals surface area contributed by atoms with Gasteiger partial charge >= 0.3 is 0 Å². The largest absolute Gasteiger partial charge is 0.298 e. The van der Waals surface area contributed by atoms with E-state index in [0.717, 1.165) is 0 Å². The minimum Gasteiger partial charge on any atom is -0.298 e. The number of carbonyl (C=O) groups excluding carboxylic acids is 9. The Morgan fingerprint density at radius 2 is 0.519 bits per heavy atom. The summed E-state index contributed by atoms with van der Waals surface area (Å²) in [6.45, 7) is 4.02. The van der Waals surface area contributed by atoms with Crippen molar-refractivity contribution in [2.45, 2.75) is 41.5 Å². The fourth-order valence-corrected chi connectivity index (χ4v) is 3.82. The van der Waals surface area contributed by atoms with Gasteiger partial charge in [-0.15, -0.1) is 0 Å². The Kier molecular flexibility index (Phi) is 5.17. The van der Waals surface area contributed by atoms with Crippen molar-refractivity contribution in [1.82, 2.24) is 0 Å². The van der Waals surface area contributed by atoms with Gasteiger partial charge in [0.15, 0.2) is 52.0 Å². The number of ketones is 9. The molecule has 0 N–H and O–H groups in total. The predicted molar refractivity (Wildman–Crippen MR) is 86.4 cm³/mol. The molecule has 9 heteroatoms. The first-order valence-corrected chi connectivity index (χ1v) is 7.84. The van der Waals surface area contributed by atoms with E-state index in [1.165, 1.54) is 0 Å². The van der Waals surface area contributed by atoms with Crippen LogP contribution in [0.4, 0.5) is 0 Å². The fraction of sp³-hybridized carbons (Fsp3) is 0.500. The highest BCUT2D eigenvalue weighted by Crippen LogP contribution is 2.50. The van der Waals surface area contributed by atoms with Crippen LogP contribution in [0.25, 0.3) is 0 Å². The summed E-state index contributed by atoms with van der Waals surface area (Å²) in [6.07, 6.45) is 0. The summed E-state index contributed by atoms with van der Waals surface area (Å²) in [4.78, 5) is 113. The Bertz CT molecular complexity index is 691. The smallest absolute Gasteiger partial charge is 0.206 e. The molecule has 0 aromatic rings. The number of Topliss-reactive ketones (excluding diaryl/α,β-unsaturated/α-hetero) is 9. The first kappa shape index (κ1) is 22.1. The lowest BCUT2D eigenvalue weighted by Crippen LogP contribution is -2.76. The molecule has 1 fully saturated rings. The molecule has 1 aliphatic rings. The zero-order valence-electron chi connectivity index (χ0n) is 15.7. The molecule has 1 rings (SSSR count). The van der Waals surface area contributed by atoms with Crippen LogP contribution in [0.5, 0.6) is 0 Å². The second-order valence-electron chi connectivity index (χ2n) is 6.57. The van der Waals surface area contributed by atoms with Crippen LogP contribution < -0.4 is 0 Å². The SMILES string of the molecule is CC(=O)C1(C(C)=O)C(=O)C(C(C)=O)(C(C)=O)C(=O)C(C(C)=O)(C(C)=O)C1=O. The van der Waals surface area contributed by atoms with Gasteiger partial charge < -0.3 is 0 Å². The fourth-order valence-electron chi connectivity index (χ4n) is 3.82. The quantitative estimate of drug-likeness (QED) is 0.540. The van der Waals surface area contributed by atoms with Gasteiger partial charge in [0, 0.05) is 0 Å². The Morgan fingerprint density at radius 3 is 0.593 bits per heavy atom. The maximum Gasteiger partial charge on any atom is 0.206 e. The highest BCUT2D eigenvalue weighted by molar-refractivity contribution is 6.62. The maximum absolute atomic E-state index is 13.1. The van der Waals surface area contributed by atoms with Crippen LogP contribution in [0.3, 0.4) is 0 Å². The van der Waals surface area contributed by atoms with E-state index in [4.69, 9.17) is 0 Å². The van der Waals surface area contributed by atoms with Crippen LogP contribution in [0.15, 0.2) is 0 Å². The zero-order valence-corrected chi connectivity index (χ0v) is 15.7. The Morgan fingerprint density at radius 1 is 0.407 bits per heavy atom. The molecule has 0 amide bonds. The predicted octanol–water partition coefficient (Wildman–Crippen LogP) is -0.799. The summed E-state index contributed by atoms with van der Waals surface area (Å²) >= 11 is 0. The van der Waals surface area contributed by atoms with Crippen LogP contribution in [0.1, 0.15) is 41.5 Å². The molecule has 1 aliphatic carbocycles. The average molecular weight is 378 g/mol. The van der Waals surface area contributed by atoms with Crippen molar-refractivity contribution >= 4 is 52.0 Å². The monoisotopic (exact) mass is 378 g/mol. The van der Waals surface area contributed by atoms with E-state index in [1.807, 2.05) is 0 Å². The van der Waals surface area contributed by atoms with Gasteiger partial charge in [-0.1, -0.05) is 0 Å². The van der Waals surface area contributed by atoms with Crippen molar-refractivity contribution in [3.05, 3.63) is 0 Å². The molecule has 0 aromatic heterocycles. The van der Waals surface area contributed by atoms with Gasteiger partial charge in [0.05, 0.1) is 0 Å². The molecule has 1 saturated carbocycles. The molecule has 144 valence electrons. The lowest BCUT2D eigenvalue weighted by atomic mass is 9.45. The first-order chi connectivity index (χ1) is 12.1. The number of carbonyl (C=O) groups is 9. The van der Waals surface area contributed by atoms with Crippen molar-refractivity contribution in [1.29, 1.82) is 0 Å². The minimum atomic E-state index is -3.29. The summed E-state index contributed by atoms with van der Waals surface area (Å²) in [5, 5.41) is 0. The molecule has 0 saturated heterocycles. The van der Waals surface area contributed by atoms with Crippen LogP contribution in [-0.2, 0) is 43.2 Å². The van der Waals surface area contributed by atoms with E-state index in [1.54, 1.807) is 0 Å². The molecule has 0 unspecified atom stereocenters. The summed E-state index contributed by atoms with van der Waals surface area (Å²) in [5.74, 6) is -13.8. The number of hydrogen-bond acceptors (Lipinski definition) is 9. The Balaban J connectivity index is 4.44. The summed E-state index contributed by atoms with van der Waals surface area (Å²) < 4.78 is 0. The van der Waals surface area contributed by atoms with E-state index >= 15 is 0 Å². The Hall–Kier alpha value is -2.97. The third kappa shape index (κ3) is 2.14. The molecule has 0 radical (unpaired) electrons. The lowest BCUT2D eigenvalue weighted by Gasteiger charge is -2.46. The molecule has 0 bridgehead atoms. The molecule has 0 spiro atoms. The van der Waals surface area contributed by atoms with Gasteiger partial charge in [0.1, 0.15) is 0 Å². The molecule has 0 atom stereocenters. The van der Waals surface area contributed by atoms with Crippen LogP contribution in [0, 0.1) is 16.2 Å². The minimum absolute atomic E-state index is 0.670. The topological polar surface area (TPSA) is 154 Å². The van der Waals surface area contributed by atoms with Gasteiger partial charge in [0.25, 0.3) is 0 Å². The molecular formula is C18H18O9. The van der Waals surface area contributed by atoms with Gasteiger partial charge in [-0.3, -0.25) is 43.2 Å². The van der Waals surface area contributed by atoms with Gasteiger partial charge in [-0.05, 0) is 41.5 Å². The first-order valence-electron chi connectivity index (χ1n) is 7.84. The third-order valence-corrected chi connectivity index (χ3v) is 5.21. The summed E-state index contributed by atoms with van der Waals surface area (Å²) in [6, 6.07) is 0. The van der Waals surface area contributed by atoms with Crippen molar-refractivity contribution < 1.29 is 43.2 Å². The van der Waals surface area contributed by atoms with E-state index in [2.05, 4.69) is 0 Å². The number of hydrogen-bond donors (Lipinski definition) is 0. The zero-order chi connectivity index (χ0) is 21.7. The highest BCUT2D eigenvalue weighted by Gasteiger charge is 2.80. The van der Waals surface area contributed by atoms with E-state index < -0.39 is 68.3 Å². The molecular weight excluding hydrogens is 360 g/mol. The summed E-state index contributed by atoms with van der Waals surface area (Å²) in [5.41, 5.74) is -9.87. The molecule has 0 aliphatic heterocycles. The normalized spacial score (nSPS) is 20.0. The van der Waals surface area contributed by atoms with E-state index in [9.17, 15) is 43.2 Å². The highest BCUT2D eigenvalue weighted by atomic mass is 16.2. The molecule has 27 heavy (non-hydrogen) atoms.